The predicted octanol–water partition coefficient (Wildman–Crippen LogP) is 3.89. The Balaban J connectivity index is 1.83. The molecule has 196 valence electrons. The van der Waals surface area contributed by atoms with E-state index in [1.54, 1.807) is 12.1 Å². The van der Waals surface area contributed by atoms with Gasteiger partial charge in [-0.15, -0.1) is 0 Å². The van der Waals surface area contributed by atoms with E-state index in [0.717, 1.165) is 23.6 Å². The number of amides is 1. The lowest BCUT2D eigenvalue weighted by molar-refractivity contribution is 0.0981. The fourth-order valence-electron chi connectivity index (χ4n) is 4.92. The molecule has 3 heterocycles. The van der Waals surface area contributed by atoms with E-state index >= 15 is 0 Å². The van der Waals surface area contributed by atoms with E-state index < -0.39 is 26.4 Å². The summed E-state index contributed by atoms with van der Waals surface area (Å²) in [5.74, 6) is 0.539. The molecule has 2 N–H and O–H groups in total. The normalized spacial score (nSPS) is 17.0. The van der Waals surface area contributed by atoms with Gasteiger partial charge in [-0.3, -0.25) is 9.59 Å². The second kappa shape index (κ2) is 10.0. The Morgan fingerprint density at radius 1 is 1.24 bits per heavy atom. The lowest BCUT2D eigenvalue weighted by atomic mass is 9.97. The van der Waals surface area contributed by atoms with Crippen LogP contribution in [-0.4, -0.2) is 43.0 Å². The minimum absolute atomic E-state index is 0.104. The van der Waals surface area contributed by atoms with Gasteiger partial charge in [0.25, 0.3) is 21.5 Å². The Bertz CT molecular complexity index is 1500. The van der Waals surface area contributed by atoms with Crippen molar-refractivity contribution in [1.82, 2.24) is 14.7 Å². The molecule has 10 heteroatoms. The maximum absolute atomic E-state index is 13.4. The highest BCUT2D eigenvalue weighted by atomic mass is 32.2. The van der Waals surface area contributed by atoms with Crippen LogP contribution in [0.5, 0.6) is 5.75 Å². The van der Waals surface area contributed by atoms with E-state index in [4.69, 9.17) is 9.72 Å². The minimum Gasteiger partial charge on any atom is -0.493 e. The summed E-state index contributed by atoms with van der Waals surface area (Å²) in [5, 5.41) is 0. The van der Waals surface area contributed by atoms with E-state index in [9.17, 15) is 18.0 Å². The van der Waals surface area contributed by atoms with Crippen LogP contribution in [0.2, 0.25) is 0 Å². The Kier molecular flexibility index (Phi) is 7.14. The molecule has 1 atom stereocenters. The summed E-state index contributed by atoms with van der Waals surface area (Å²) < 4.78 is 33.7. The van der Waals surface area contributed by atoms with E-state index in [-0.39, 0.29) is 11.1 Å². The van der Waals surface area contributed by atoms with Crippen molar-refractivity contribution in [3.05, 3.63) is 70.1 Å². The number of ether oxygens (including phenoxy) is 1. The van der Waals surface area contributed by atoms with Gasteiger partial charge in [-0.25, -0.2) is 18.1 Å². The molecule has 9 nitrogen and oxygen atoms in total. The Labute approximate surface area is 217 Å². The Morgan fingerprint density at radius 3 is 2.65 bits per heavy atom. The van der Waals surface area contributed by atoms with Crippen molar-refractivity contribution in [2.75, 3.05) is 18.1 Å². The van der Waals surface area contributed by atoms with Gasteiger partial charge in [0, 0.05) is 23.8 Å². The second-order valence-corrected chi connectivity index (χ2v) is 11.7. The van der Waals surface area contributed by atoms with Crippen molar-refractivity contribution in [2.24, 2.45) is 5.92 Å². The summed E-state index contributed by atoms with van der Waals surface area (Å²) in [6, 6.07) is 11.6. The van der Waals surface area contributed by atoms with Crippen LogP contribution < -0.4 is 19.9 Å². The van der Waals surface area contributed by atoms with Crippen LogP contribution >= 0.6 is 0 Å². The summed E-state index contributed by atoms with van der Waals surface area (Å²) in [5.41, 5.74) is 1.39. The second-order valence-electron chi connectivity index (χ2n) is 10.0. The molecule has 1 aromatic carbocycles. The number of sulfonamides is 1. The van der Waals surface area contributed by atoms with Gasteiger partial charge in [0.1, 0.15) is 11.6 Å². The van der Waals surface area contributed by atoms with Crippen LogP contribution in [0.15, 0.2) is 58.4 Å². The highest BCUT2D eigenvalue weighted by molar-refractivity contribution is 7.90. The van der Waals surface area contributed by atoms with Crippen molar-refractivity contribution in [3.8, 4) is 17.0 Å². The quantitative estimate of drug-likeness (QED) is 0.481. The number of H-pyrrole nitrogens is 1. The molecule has 0 radical (unpaired) electrons. The molecular weight excluding hydrogens is 492 g/mol. The van der Waals surface area contributed by atoms with Gasteiger partial charge in [-0.05, 0) is 76.4 Å². The fraction of sp³-hybridized carbons (Fsp3) is 0.370. The number of nitrogens with zero attached hydrogens (tertiary/aromatic N) is 2. The number of hydrogen-bond donors (Lipinski definition) is 2. The molecule has 1 fully saturated rings. The zero-order valence-corrected chi connectivity index (χ0v) is 22.5. The summed E-state index contributed by atoms with van der Waals surface area (Å²) in [7, 11) is -4.41. The first kappa shape index (κ1) is 26.4. The summed E-state index contributed by atoms with van der Waals surface area (Å²) >= 11 is 0. The number of carbonyl (C=O) groups excluding carboxylic acids is 1. The van der Waals surface area contributed by atoms with E-state index in [1.807, 2.05) is 36.9 Å². The molecule has 1 saturated heterocycles. The number of nitrogens with one attached hydrogen (secondary N) is 2. The third-order valence-corrected chi connectivity index (χ3v) is 7.81. The predicted molar refractivity (Wildman–Crippen MR) is 142 cm³/mol. The fourth-order valence-corrected chi connectivity index (χ4v) is 5.94. The molecule has 0 spiro atoms. The van der Waals surface area contributed by atoms with Crippen molar-refractivity contribution in [2.45, 2.75) is 51.5 Å². The largest absolute Gasteiger partial charge is 0.493 e. The van der Waals surface area contributed by atoms with E-state index in [0.29, 0.717) is 36.3 Å². The monoisotopic (exact) mass is 524 g/mol. The number of carbonyl (C=O) groups is 1. The van der Waals surface area contributed by atoms with E-state index in [1.165, 1.54) is 12.3 Å². The van der Waals surface area contributed by atoms with Crippen molar-refractivity contribution in [1.29, 1.82) is 0 Å². The molecule has 1 amide bonds. The average molecular weight is 525 g/mol. The number of aromatic amines is 1. The Hall–Kier alpha value is -3.66. The first-order chi connectivity index (χ1) is 17.4. The van der Waals surface area contributed by atoms with E-state index in [2.05, 4.69) is 30.5 Å². The number of rotatable bonds is 7. The van der Waals surface area contributed by atoms with Gasteiger partial charge in [-0.2, -0.15) is 0 Å². The third kappa shape index (κ3) is 5.39. The number of pyridine rings is 2. The molecule has 2 aromatic heterocycles. The summed E-state index contributed by atoms with van der Waals surface area (Å²) in [6.45, 7) is 11.3. The topological polar surface area (TPSA) is 121 Å². The molecule has 1 aliphatic rings. The molecule has 0 saturated carbocycles. The zero-order chi connectivity index (χ0) is 27.0. The maximum atomic E-state index is 13.4. The van der Waals surface area contributed by atoms with Crippen LogP contribution in [0.1, 0.15) is 50.0 Å². The molecule has 0 bridgehead atoms. The minimum atomic E-state index is -4.41. The van der Waals surface area contributed by atoms with Crippen LogP contribution in [0.4, 0.5) is 5.82 Å². The summed E-state index contributed by atoms with van der Waals surface area (Å²) in [6.07, 6.45) is 2.20. The number of benzene rings is 1. The van der Waals surface area contributed by atoms with Gasteiger partial charge in [0.2, 0.25) is 0 Å². The van der Waals surface area contributed by atoms with Crippen LogP contribution in [0.3, 0.4) is 0 Å². The first-order valence-electron chi connectivity index (χ1n) is 12.2. The van der Waals surface area contributed by atoms with Gasteiger partial charge in [0.05, 0.1) is 17.9 Å². The van der Waals surface area contributed by atoms with Gasteiger partial charge in [-0.1, -0.05) is 18.6 Å². The highest BCUT2D eigenvalue weighted by Gasteiger charge is 2.39. The average Bonchev–Trinajstić information content (AvgIpc) is 3.11. The molecule has 1 aliphatic heterocycles. The highest BCUT2D eigenvalue weighted by Crippen LogP contribution is 2.39. The number of aromatic nitrogens is 2. The SMILES string of the molecule is CCOc1ccc(C)cc1-c1ccc(C(=O)NS(=O)(=O)c2ccc[nH]c2=O)c(N2C[C@@H](C)CC2(C)C)n1. The van der Waals surface area contributed by atoms with Gasteiger partial charge in [0.15, 0.2) is 4.90 Å². The molecule has 0 aliphatic carbocycles. The zero-order valence-electron chi connectivity index (χ0n) is 21.7. The number of anilines is 1. The van der Waals surface area contributed by atoms with Crippen LogP contribution in [-0.2, 0) is 10.0 Å². The van der Waals surface area contributed by atoms with Gasteiger partial charge < -0.3 is 14.6 Å². The molecule has 0 unspecified atom stereocenters. The smallest absolute Gasteiger partial charge is 0.269 e. The lowest BCUT2D eigenvalue weighted by Crippen LogP contribution is -2.41. The number of hydrogen-bond acceptors (Lipinski definition) is 7. The molecule has 4 rings (SSSR count). The standard InChI is InChI=1S/C27H32N4O5S/c1-6-36-22-12-9-17(2)14-20(22)21-11-10-19(24(29-21)31-16-18(3)15-27(31,4)5)25(32)30-37(34,35)23-8-7-13-28-26(23)33/h7-14,18H,6,15-16H2,1-5H3,(H,28,33)(H,30,32)/t18-/m0/s1. The third-order valence-electron chi connectivity index (χ3n) is 6.46. The lowest BCUT2D eigenvalue weighted by Gasteiger charge is -2.34. The van der Waals surface area contributed by atoms with Crippen molar-refractivity contribution in [3.63, 3.8) is 0 Å². The van der Waals surface area contributed by atoms with Crippen LogP contribution in [0.25, 0.3) is 11.3 Å². The first-order valence-corrected chi connectivity index (χ1v) is 13.7. The van der Waals surface area contributed by atoms with Crippen LogP contribution in [0, 0.1) is 12.8 Å². The molecular formula is C27H32N4O5S. The Morgan fingerprint density at radius 2 is 2.00 bits per heavy atom. The van der Waals surface area contributed by atoms with Crippen molar-refractivity contribution >= 4 is 21.7 Å². The number of aryl methyl sites for hydroxylation is 1. The summed E-state index contributed by atoms with van der Waals surface area (Å²) in [4.78, 5) is 34.2. The van der Waals surface area contributed by atoms with Crippen molar-refractivity contribution < 1.29 is 17.9 Å². The van der Waals surface area contributed by atoms with Gasteiger partial charge >= 0.3 is 0 Å². The maximum Gasteiger partial charge on any atom is 0.269 e. The molecule has 3 aromatic rings. The molecule has 37 heavy (non-hydrogen) atoms.